The summed E-state index contributed by atoms with van der Waals surface area (Å²) in [6.07, 6.45) is 0. The average molecular weight is 398 g/mol. The Morgan fingerprint density at radius 2 is 1.89 bits per heavy atom. The van der Waals surface area contributed by atoms with Gasteiger partial charge in [-0.05, 0) is 37.6 Å². The van der Waals surface area contributed by atoms with Crippen LogP contribution in [-0.2, 0) is 6.54 Å². The smallest absolute Gasteiger partial charge is 0.259 e. The number of nitrogens with zero attached hydrogens (tertiary/aromatic N) is 2. The van der Waals surface area contributed by atoms with Crippen LogP contribution >= 0.6 is 11.6 Å². The Morgan fingerprint density at radius 3 is 2.68 bits per heavy atom. The van der Waals surface area contributed by atoms with Crippen LogP contribution in [0.1, 0.15) is 27.3 Å². The van der Waals surface area contributed by atoms with Crippen molar-refractivity contribution < 1.29 is 14.3 Å². The molecule has 0 spiro atoms. The van der Waals surface area contributed by atoms with Gasteiger partial charge in [0.2, 0.25) is 0 Å². The first kappa shape index (κ1) is 18.4. The Balaban J connectivity index is 1.56. The molecule has 0 saturated heterocycles. The van der Waals surface area contributed by atoms with Gasteiger partial charge in [-0.3, -0.25) is 9.48 Å². The summed E-state index contributed by atoms with van der Waals surface area (Å²) in [5, 5.41) is 8.13. The van der Waals surface area contributed by atoms with Crippen molar-refractivity contribution in [2.24, 2.45) is 0 Å². The highest BCUT2D eigenvalue weighted by atomic mass is 35.5. The van der Waals surface area contributed by atoms with E-state index in [1.807, 2.05) is 38.1 Å². The van der Waals surface area contributed by atoms with Crippen LogP contribution in [0.15, 0.2) is 42.5 Å². The fourth-order valence-corrected chi connectivity index (χ4v) is 3.48. The van der Waals surface area contributed by atoms with Gasteiger partial charge in [-0.25, -0.2) is 0 Å². The lowest BCUT2D eigenvalue weighted by Crippen LogP contribution is -2.17. The summed E-state index contributed by atoms with van der Waals surface area (Å²) in [5.41, 5.74) is 3.61. The molecule has 0 aliphatic carbocycles. The van der Waals surface area contributed by atoms with Gasteiger partial charge in [0, 0.05) is 22.5 Å². The lowest BCUT2D eigenvalue weighted by atomic mass is 10.1. The average Bonchev–Trinajstić information content (AvgIpc) is 2.97. The molecule has 0 fully saturated rings. The first-order chi connectivity index (χ1) is 13.5. The fourth-order valence-electron chi connectivity index (χ4n) is 3.28. The first-order valence-electron chi connectivity index (χ1n) is 9.01. The third-order valence-corrected chi connectivity index (χ3v) is 5.06. The summed E-state index contributed by atoms with van der Waals surface area (Å²) >= 11 is 6.26. The van der Waals surface area contributed by atoms with Crippen molar-refractivity contribution in [3.8, 4) is 11.5 Å². The van der Waals surface area contributed by atoms with Crippen LogP contribution < -0.4 is 14.8 Å². The van der Waals surface area contributed by atoms with E-state index >= 15 is 0 Å². The molecule has 6 nitrogen and oxygen atoms in total. The number of rotatable bonds is 4. The van der Waals surface area contributed by atoms with Crippen molar-refractivity contribution in [2.75, 3.05) is 18.5 Å². The number of fused-ring (bicyclic) bond motifs is 1. The molecular weight excluding hydrogens is 378 g/mol. The molecule has 1 aliphatic rings. The minimum absolute atomic E-state index is 0.211. The van der Waals surface area contributed by atoms with Crippen LogP contribution in [-0.4, -0.2) is 28.9 Å². The van der Waals surface area contributed by atoms with E-state index in [-0.39, 0.29) is 5.91 Å². The predicted molar refractivity (Wildman–Crippen MR) is 108 cm³/mol. The number of nitrogens with one attached hydrogen (secondary N) is 1. The number of amides is 1. The Morgan fingerprint density at radius 1 is 1.14 bits per heavy atom. The molecule has 1 aromatic heterocycles. The Labute approximate surface area is 168 Å². The van der Waals surface area contributed by atoms with E-state index in [4.69, 9.17) is 21.1 Å². The van der Waals surface area contributed by atoms with E-state index in [0.29, 0.717) is 53.2 Å². The molecule has 0 saturated carbocycles. The summed E-state index contributed by atoms with van der Waals surface area (Å²) in [7, 11) is 0. The van der Waals surface area contributed by atoms with Crippen molar-refractivity contribution >= 4 is 23.2 Å². The second-order valence-corrected chi connectivity index (χ2v) is 7.01. The number of aryl methyl sites for hydroxylation is 1. The third kappa shape index (κ3) is 3.55. The van der Waals surface area contributed by atoms with Gasteiger partial charge in [0.05, 0.1) is 17.8 Å². The van der Waals surface area contributed by atoms with E-state index in [0.717, 1.165) is 11.3 Å². The number of halogens is 1. The molecule has 1 aliphatic heterocycles. The Hall–Kier alpha value is -2.99. The summed E-state index contributed by atoms with van der Waals surface area (Å²) < 4.78 is 12.9. The SMILES string of the molecule is Cc1nn(Cc2ccccc2Cl)c(C)c1C(=O)Nc1ccc2c(c1)OCCO2. The number of carbonyl (C=O) groups is 1. The molecule has 2 heterocycles. The van der Waals surface area contributed by atoms with Crippen LogP contribution in [0, 0.1) is 13.8 Å². The molecule has 0 atom stereocenters. The highest BCUT2D eigenvalue weighted by Crippen LogP contribution is 2.33. The molecular formula is C21H20ClN3O3. The van der Waals surface area contributed by atoms with Crippen LogP contribution in [0.4, 0.5) is 5.69 Å². The molecule has 0 radical (unpaired) electrons. The lowest BCUT2D eigenvalue weighted by Gasteiger charge is -2.19. The monoisotopic (exact) mass is 397 g/mol. The van der Waals surface area contributed by atoms with Gasteiger partial charge in [-0.1, -0.05) is 29.8 Å². The fraction of sp³-hybridized carbons (Fsp3) is 0.238. The minimum atomic E-state index is -0.211. The molecule has 3 aromatic rings. The molecule has 28 heavy (non-hydrogen) atoms. The van der Waals surface area contributed by atoms with Gasteiger partial charge in [0.15, 0.2) is 11.5 Å². The lowest BCUT2D eigenvalue weighted by molar-refractivity contribution is 0.102. The van der Waals surface area contributed by atoms with E-state index in [9.17, 15) is 4.79 Å². The second kappa shape index (κ2) is 7.56. The summed E-state index contributed by atoms with van der Waals surface area (Å²) in [6, 6.07) is 13.0. The van der Waals surface area contributed by atoms with E-state index in [2.05, 4.69) is 10.4 Å². The summed E-state index contributed by atoms with van der Waals surface area (Å²) in [4.78, 5) is 12.9. The standard InChI is InChI=1S/C21H20ClN3O3/c1-13-20(14(2)25(24-13)12-15-5-3-4-6-17(15)22)21(26)23-16-7-8-18-19(11-16)28-10-9-27-18/h3-8,11H,9-10,12H2,1-2H3,(H,23,26). The maximum Gasteiger partial charge on any atom is 0.259 e. The van der Waals surface area contributed by atoms with Gasteiger partial charge in [-0.2, -0.15) is 5.10 Å². The molecule has 144 valence electrons. The van der Waals surface area contributed by atoms with Crippen molar-refractivity contribution in [1.29, 1.82) is 0 Å². The van der Waals surface area contributed by atoms with Crippen molar-refractivity contribution in [3.63, 3.8) is 0 Å². The van der Waals surface area contributed by atoms with Crippen LogP contribution in [0.25, 0.3) is 0 Å². The second-order valence-electron chi connectivity index (χ2n) is 6.61. The quantitative estimate of drug-likeness (QED) is 0.715. The topological polar surface area (TPSA) is 65.4 Å². The number of benzene rings is 2. The Kier molecular flexibility index (Phi) is 4.96. The molecule has 2 aromatic carbocycles. The third-order valence-electron chi connectivity index (χ3n) is 4.69. The number of ether oxygens (including phenoxy) is 2. The van der Waals surface area contributed by atoms with Crippen LogP contribution in [0.3, 0.4) is 0 Å². The van der Waals surface area contributed by atoms with Gasteiger partial charge in [0.1, 0.15) is 13.2 Å². The van der Waals surface area contributed by atoms with E-state index < -0.39 is 0 Å². The zero-order valence-corrected chi connectivity index (χ0v) is 16.4. The minimum Gasteiger partial charge on any atom is -0.486 e. The molecule has 0 unspecified atom stereocenters. The van der Waals surface area contributed by atoms with Gasteiger partial charge >= 0.3 is 0 Å². The van der Waals surface area contributed by atoms with Crippen molar-refractivity contribution in [2.45, 2.75) is 20.4 Å². The number of hydrogen-bond acceptors (Lipinski definition) is 4. The summed E-state index contributed by atoms with van der Waals surface area (Å²) in [6.45, 7) is 5.24. The van der Waals surface area contributed by atoms with E-state index in [1.54, 1.807) is 22.9 Å². The maximum absolute atomic E-state index is 12.9. The summed E-state index contributed by atoms with van der Waals surface area (Å²) in [5.74, 6) is 1.10. The van der Waals surface area contributed by atoms with Crippen molar-refractivity contribution in [1.82, 2.24) is 9.78 Å². The van der Waals surface area contributed by atoms with Crippen molar-refractivity contribution in [3.05, 3.63) is 70.0 Å². The number of aromatic nitrogens is 2. The van der Waals surface area contributed by atoms with Gasteiger partial charge in [0.25, 0.3) is 5.91 Å². The normalized spacial score (nSPS) is 12.7. The largest absolute Gasteiger partial charge is 0.486 e. The van der Waals surface area contributed by atoms with Crippen LogP contribution in [0.2, 0.25) is 5.02 Å². The maximum atomic E-state index is 12.9. The number of carbonyl (C=O) groups excluding carboxylic acids is 1. The molecule has 7 heteroatoms. The number of anilines is 1. The molecule has 0 bridgehead atoms. The predicted octanol–water partition coefficient (Wildman–Crippen LogP) is 4.23. The number of hydrogen-bond donors (Lipinski definition) is 1. The molecule has 1 amide bonds. The van der Waals surface area contributed by atoms with Crippen LogP contribution in [0.5, 0.6) is 11.5 Å². The van der Waals surface area contributed by atoms with E-state index in [1.165, 1.54) is 0 Å². The highest BCUT2D eigenvalue weighted by Gasteiger charge is 2.20. The van der Waals surface area contributed by atoms with Gasteiger partial charge < -0.3 is 14.8 Å². The zero-order valence-electron chi connectivity index (χ0n) is 15.7. The Bertz CT molecular complexity index is 1050. The highest BCUT2D eigenvalue weighted by molar-refractivity contribution is 6.31. The molecule has 1 N–H and O–H groups in total. The first-order valence-corrected chi connectivity index (χ1v) is 9.39. The van der Waals surface area contributed by atoms with Gasteiger partial charge in [-0.15, -0.1) is 0 Å². The molecule has 4 rings (SSSR count). The zero-order chi connectivity index (χ0) is 19.7.